The zero-order valence-corrected chi connectivity index (χ0v) is 7.80. The normalized spacial score (nSPS) is 9.87. The zero-order valence-electron chi connectivity index (χ0n) is 7.80. The van der Waals surface area contributed by atoms with E-state index in [0.29, 0.717) is 5.56 Å². The van der Waals surface area contributed by atoms with Crippen LogP contribution in [0, 0.1) is 0 Å². The smallest absolute Gasteiger partial charge is 0.335 e. The molecule has 1 rings (SSSR count). The van der Waals surface area contributed by atoms with Crippen molar-refractivity contribution in [1.29, 1.82) is 0 Å². The monoisotopic (exact) mass is 210 g/mol. The highest BCUT2D eigenvalue weighted by Gasteiger charge is 2.08. The van der Waals surface area contributed by atoms with E-state index in [4.69, 9.17) is 10.2 Å². The van der Waals surface area contributed by atoms with Crippen molar-refractivity contribution in [2.75, 3.05) is 0 Å². The number of phenols is 1. The first kappa shape index (κ1) is 11.0. The van der Waals surface area contributed by atoms with Crippen molar-refractivity contribution in [3.05, 3.63) is 29.3 Å². The van der Waals surface area contributed by atoms with E-state index in [1.54, 1.807) is 0 Å². The number of rotatable bonds is 4. The lowest BCUT2D eigenvalue weighted by Crippen LogP contribution is -2.00. The van der Waals surface area contributed by atoms with Crippen LogP contribution < -0.4 is 0 Å². The summed E-state index contributed by atoms with van der Waals surface area (Å²) in [4.78, 5) is 20.8. The molecule has 0 saturated carbocycles. The molecular weight excluding hydrogens is 200 g/mol. The van der Waals surface area contributed by atoms with E-state index in [0.717, 1.165) is 6.07 Å². The summed E-state index contributed by atoms with van der Waals surface area (Å²) in [5.74, 6) is -2.28. The van der Waals surface area contributed by atoms with E-state index < -0.39 is 11.9 Å². The molecule has 0 heterocycles. The Balaban J connectivity index is 2.83. The van der Waals surface area contributed by atoms with Crippen LogP contribution in [-0.4, -0.2) is 27.3 Å². The SMILES string of the molecule is O=C(O)CCc1ccc(C(=O)O)cc1O. The summed E-state index contributed by atoms with van der Waals surface area (Å²) >= 11 is 0. The second kappa shape index (κ2) is 4.45. The van der Waals surface area contributed by atoms with Crippen molar-refractivity contribution in [2.45, 2.75) is 12.8 Å². The van der Waals surface area contributed by atoms with Crippen molar-refractivity contribution in [3.8, 4) is 5.75 Å². The summed E-state index contributed by atoms with van der Waals surface area (Å²) in [5, 5.41) is 26.4. The summed E-state index contributed by atoms with van der Waals surface area (Å²) < 4.78 is 0. The molecule has 0 atom stereocenters. The van der Waals surface area contributed by atoms with Gasteiger partial charge in [0, 0.05) is 6.42 Å². The topological polar surface area (TPSA) is 94.8 Å². The Morgan fingerprint density at radius 3 is 2.33 bits per heavy atom. The number of phenolic OH excluding ortho intramolecular Hbond substituents is 1. The van der Waals surface area contributed by atoms with Crippen LogP contribution in [0.1, 0.15) is 22.3 Å². The third-order valence-corrected chi connectivity index (χ3v) is 1.94. The van der Waals surface area contributed by atoms with Gasteiger partial charge in [0.05, 0.1) is 5.56 Å². The minimum absolute atomic E-state index is 0.0217. The number of carbonyl (C=O) groups is 2. The Morgan fingerprint density at radius 1 is 1.20 bits per heavy atom. The van der Waals surface area contributed by atoms with E-state index in [1.165, 1.54) is 12.1 Å². The molecular formula is C10H10O5. The molecule has 5 heteroatoms. The molecule has 0 unspecified atom stereocenters. The molecule has 3 N–H and O–H groups in total. The van der Waals surface area contributed by atoms with Crippen molar-refractivity contribution >= 4 is 11.9 Å². The van der Waals surface area contributed by atoms with Crippen LogP contribution in [0.3, 0.4) is 0 Å². The number of aryl methyl sites for hydroxylation is 1. The van der Waals surface area contributed by atoms with E-state index in [-0.39, 0.29) is 24.2 Å². The molecule has 1 aromatic rings. The minimum atomic E-state index is -1.13. The maximum absolute atomic E-state index is 10.5. The van der Waals surface area contributed by atoms with E-state index >= 15 is 0 Å². The summed E-state index contributed by atoms with van der Waals surface area (Å²) in [7, 11) is 0. The first-order valence-electron chi connectivity index (χ1n) is 4.27. The number of hydrogen-bond donors (Lipinski definition) is 3. The van der Waals surface area contributed by atoms with Crippen molar-refractivity contribution in [3.63, 3.8) is 0 Å². The minimum Gasteiger partial charge on any atom is -0.508 e. The maximum atomic E-state index is 10.5. The molecule has 80 valence electrons. The van der Waals surface area contributed by atoms with Gasteiger partial charge < -0.3 is 15.3 Å². The molecule has 0 bridgehead atoms. The Kier molecular flexibility index (Phi) is 3.28. The summed E-state index contributed by atoms with van der Waals surface area (Å²) in [5.41, 5.74) is 0.411. The lowest BCUT2D eigenvalue weighted by molar-refractivity contribution is -0.136. The number of carboxylic acid groups (broad SMARTS) is 2. The van der Waals surface area contributed by atoms with Crippen molar-refractivity contribution in [2.24, 2.45) is 0 Å². The van der Waals surface area contributed by atoms with Gasteiger partial charge >= 0.3 is 11.9 Å². The predicted octanol–water partition coefficient (Wildman–Crippen LogP) is 1.11. The summed E-state index contributed by atoms with van der Waals surface area (Å²) in [6, 6.07) is 3.86. The molecule has 0 saturated heterocycles. The first-order valence-corrected chi connectivity index (χ1v) is 4.27. The van der Waals surface area contributed by atoms with Gasteiger partial charge in [-0.05, 0) is 24.1 Å². The van der Waals surface area contributed by atoms with Gasteiger partial charge in [-0.15, -0.1) is 0 Å². The van der Waals surface area contributed by atoms with Crippen molar-refractivity contribution < 1.29 is 24.9 Å². The Labute approximate surface area is 85.6 Å². The standard InChI is InChI=1S/C10H10O5/c11-8-5-7(10(14)15)2-1-6(8)3-4-9(12)13/h1-2,5,11H,3-4H2,(H,12,13)(H,14,15). The zero-order chi connectivity index (χ0) is 11.4. The molecule has 1 aromatic carbocycles. The lowest BCUT2D eigenvalue weighted by atomic mass is 10.1. The molecule has 0 aliphatic rings. The van der Waals surface area contributed by atoms with Gasteiger partial charge in [0.25, 0.3) is 0 Å². The van der Waals surface area contributed by atoms with Crippen LogP contribution in [0.15, 0.2) is 18.2 Å². The van der Waals surface area contributed by atoms with E-state index in [9.17, 15) is 14.7 Å². The quantitative estimate of drug-likeness (QED) is 0.691. The highest BCUT2D eigenvalue weighted by molar-refractivity contribution is 5.88. The van der Waals surface area contributed by atoms with Crippen LogP contribution in [0.2, 0.25) is 0 Å². The molecule has 0 aliphatic heterocycles. The third kappa shape index (κ3) is 2.98. The van der Waals surface area contributed by atoms with Gasteiger partial charge in [0.1, 0.15) is 5.75 Å². The van der Waals surface area contributed by atoms with Crippen LogP contribution in [0.25, 0.3) is 0 Å². The Hall–Kier alpha value is -2.04. The second-order valence-corrected chi connectivity index (χ2v) is 3.04. The summed E-state index contributed by atoms with van der Waals surface area (Å²) in [6.45, 7) is 0. The molecule has 0 radical (unpaired) electrons. The summed E-state index contributed by atoms with van der Waals surface area (Å²) in [6.07, 6.45) is 0.0844. The highest BCUT2D eigenvalue weighted by atomic mass is 16.4. The van der Waals surface area contributed by atoms with Gasteiger partial charge in [-0.3, -0.25) is 4.79 Å². The molecule has 5 nitrogen and oxygen atoms in total. The molecule has 0 spiro atoms. The number of aromatic carboxylic acids is 1. The van der Waals surface area contributed by atoms with Gasteiger partial charge in [0.2, 0.25) is 0 Å². The number of benzene rings is 1. The Bertz CT molecular complexity index is 397. The number of carboxylic acids is 2. The fourth-order valence-corrected chi connectivity index (χ4v) is 1.15. The van der Waals surface area contributed by atoms with Gasteiger partial charge in [0.15, 0.2) is 0 Å². The van der Waals surface area contributed by atoms with Crippen LogP contribution in [0.5, 0.6) is 5.75 Å². The highest BCUT2D eigenvalue weighted by Crippen LogP contribution is 2.20. The molecule has 0 aliphatic carbocycles. The van der Waals surface area contributed by atoms with Gasteiger partial charge in [-0.25, -0.2) is 4.79 Å². The van der Waals surface area contributed by atoms with Gasteiger partial charge in [-0.1, -0.05) is 6.07 Å². The molecule has 0 aromatic heterocycles. The molecule has 0 amide bonds. The Morgan fingerprint density at radius 2 is 1.87 bits per heavy atom. The number of aromatic hydroxyl groups is 1. The second-order valence-electron chi connectivity index (χ2n) is 3.04. The fraction of sp³-hybridized carbons (Fsp3) is 0.200. The third-order valence-electron chi connectivity index (χ3n) is 1.94. The largest absolute Gasteiger partial charge is 0.508 e. The average molecular weight is 210 g/mol. The van der Waals surface area contributed by atoms with Crippen LogP contribution >= 0.6 is 0 Å². The van der Waals surface area contributed by atoms with E-state index in [2.05, 4.69) is 0 Å². The average Bonchev–Trinajstić information content (AvgIpc) is 2.15. The lowest BCUT2D eigenvalue weighted by Gasteiger charge is -2.03. The first-order chi connectivity index (χ1) is 7.00. The van der Waals surface area contributed by atoms with Crippen molar-refractivity contribution in [1.82, 2.24) is 0 Å². The van der Waals surface area contributed by atoms with E-state index in [1.807, 2.05) is 0 Å². The molecule has 15 heavy (non-hydrogen) atoms. The number of aliphatic carboxylic acids is 1. The molecule has 0 fully saturated rings. The van der Waals surface area contributed by atoms with Crippen LogP contribution in [-0.2, 0) is 11.2 Å². The maximum Gasteiger partial charge on any atom is 0.335 e. The van der Waals surface area contributed by atoms with Gasteiger partial charge in [-0.2, -0.15) is 0 Å². The fourth-order valence-electron chi connectivity index (χ4n) is 1.15. The van der Waals surface area contributed by atoms with Crippen LogP contribution in [0.4, 0.5) is 0 Å². The predicted molar refractivity (Wildman–Crippen MR) is 51.0 cm³/mol. The number of hydrogen-bond acceptors (Lipinski definition) is 3.